The summed E-state index contributed by atoms with van der Waals surface area (Å²) in [6.45, 7) is 0. The molecular weight excluding hydrogens is 717 g/mol. The van der Waals surface area contributed by atoms with E-state index in [1.165, 1.54) is 23.7 Å². The molecule has 4 heterocycles. The number of fused-ring (bicyclic) bond motifs is 1. The molecule has 18 heteroatoms. The highest BCUT2D eigenvalue weighted by Gasteiger charge is 2.55. The SMILES string of the molecule is Cn1c(SCC2=C(C(=O)OC(c3ccccc3)c3ccccc3)N3C(=O)[C@@H](NC(=O)C(=NOC4CC4)c4csc(N)n4)[C@@H]3SC2)n[nH]c(=O)c1=O. The number of esters is 1. The molecule has 51 heavy (non-hydrogen) atoms. The van der Waals surface area contributed by atoms with Crippen LogP contribution >= 0.6 is 34.9 Å². The fraction of sp³-hybridized carbons (Fsp3) is 0.273. The molecule has 262 valence electrons. The molecule has 2 atom stereocenters. The first-order valence-corrected chi connectivity index (χ1v) is 18.6. The van der Waals surface area contributed by atoms with Gasteiger partial charge in [0.15, 0.2) is 22.1 Å². The molecule has 4 N–H and O–H groups in total. The van der Waals surface area contributed by atoms with Gasteiger partial charge in [-0.05, 0) is 29.5 Å². The van der Waals surface area contributed by atoms with Gasteiger partial charge in [0.25, 0.3) is 11.8 Å². The van der Waals surface area contributed by atoms with Crippen LogP contribution in [0.4, 0.5) is 5.13 Å². The van der Waals surface area contributed by atoms with Gasteiger partial charge in [0, 0.05) is 23.9 Å². The molecule has 2 aromatic carbocycles. The number of thioether (sulfide) groups is 2. The van der Waals surface area contributed by atoms with E-state index in [4.69, 9.17) is 15.3 Å². The molecule has 15 nitrogen and oxygen atoms in total. The van der Waals surface area contributed by atoms with Crippen LogP contribution in [0.15, 0.2) is 97.2 Å². The molecule has 1 aliphatic carbocycles. The van der Waals surface area contributed by atoms with Crippen LogP contribution in [0, 0.1) is 0 Å². The molecule has 2 aromatic heterocycles. The maximum atomic E-state index is 14.3. The predicted octanol–water partition coefficient (Wildman–Crippen LogP) is 2.17. The Morgan fingerprint density at radius 1 is 1.10 bits per heavy atom. The zero-order valence-corrected chi connectivity index (χ0v) is 29.3. The van der Waals surface area contributed by atoms with Gasteiger partial charge in [-0.1, -0.05) is 77.6 Å². The molecule has 7 rings (SSSR count). The van der Waals surface area contributed by atoms with Gasteiger partial charge in [-0.2, -0.15) is 0 Å². The van der Waals surface area contributed by atoms with Crippen LogP contribution in [-0.4, -0.2) is 77.2 Å². The summed E-state index contributed by atoms with van der Waals surface area (Å²) in [6, 6.07) is 17.5. The molecule has 3 aliphatic rings. The summed E-state index contributed by atoms with van der Waals surface area (Å²) in [6.07, 6.45) is 0.765. The number of hydrogen-bond donors (Lipinski definition) is 3. The van der Waals surface area contributed by atoms with E-state index in [1.54, 1.807) is 5.38 Å². The number of ether oxygens (including phenoxy) is 1. The Hall–Kier alpha value is -5.20. The molecule has 2 aliphatic heterocycles. The van der Waals surface area contributed by atoms with Crippen molar-refractivity contribution in [2.45, 2.75) is 41.6 Å². The number of oxime groups is 1. The molecule has 0 spiro atoms. The Morgan fingerprint density at radius 3 is 2.41 bits per heavy atom. The first-order valence-electron chi connectivity index (χ1n) is 15.7. The number of amides is 2. The summed E-state index contributed by atoms with van der Waals surface area (Å²) in [4.78, 5) is 76.8. The van der Waals surface area contributed by atoms with Crippen molar-refractivity contribution in [1.29, 1.82) is 0 Å². The summed E-state index contributed by atoms with van der Waals surface area (Å²) >= 11 is 3.61. The third-order valence-electron chi connectivity index (χ3n) is 8.17. The standard InChI is InChI=1S/C33H30N8O7S3/c1-40-29(45)27(43)37-38-33(40)51-15-19-14-49-30-23(36-26(42)22(39-48-20-12-13-20)21-16-50-32(34)35-21)28(44)41(30)24(19)31(46)47-25(17-8-4-2-5-9-17)18-10-6-3-7-11-18/h2-11,16,20,23,25,30H,12-15H2,1H3,(H2,34,35)(H,36,42)(H,37,43)/t23-,30+/m1/s1. The van der Waals surface area contributed by atoms with Crippen molar-refractivity contribution >= 4 is 63.5 Å². The molecule has 2 amide bonds. The number of rotatable bonds is 12. The number of carbonyl (C=O) groups is 3. The molecular formula is C33H30N8O7S3. The van der Waals surface area contributed by atoms with Crippen LogP contribution < -0.4 is 22.2 Å². The third kappa shape index (κ3) is 7.19. The Bertz CT molecular complexity index is 2130. The number of nitrogens with zero attached hydrogens (tertiary/aromatic N) is 5. The Labute approximate surface area is 302 Å². The number of β-lactam (4-membered cyclic amide) rings is 1. The zero-order valence-electron chi connectivity index (χ0n) is 26.9. The van der Waals surface area contributed by atoms with Gasteiger partial charge in [-0.15, -0.1) is 28.2 Å². The lowest BCUT2D eigenvalue weighted by Crippen LogP contribution is -2.71. The van der Waals surface area contributed by atoms with E-state index in [2.05, 4.69) is 25.7 Å². The van der Waals surface area contributed by atoms with Gasteiger partial charge in [0.05, 0.1) is 0 Å². The first kappa shape index (κ1) is 34.3. The second-order valence-corrected chi connectivity index (χ2v) is 14.7. The van der Waals surface area contributed by atoms with E-state index in [0.717, 1.165) is 51.6 Å². The van der Waals surface area contributed by atoms with Crippen molar-refractivity contribution in [3.05, 3.63) is 115 Å². The van der Waals surface area contributed by atoms with Gasteiger partial charge in [-0.3, -0.25) is 28.6 Å². The summed E-state index contributed by atoms with van der Waals surface area (Å²) < 4.78 is 7.32. The Kier molecular flexibility index (Phi) is 9.79. The van der Waals surface area contributed by atoms with Crippen LogP contribution in [0.1, 0.15) is 35.8 Å². The molecule has 0 radical (unpaired) electrons. The quantitative estimate of drug-likeness (QED) is 0.0477. The van der Waals surface area contributed by atoms with E-state index in [1.807, 2.05) is 60.7 Å². The topological polar surface area (TPSA) is 204 Å². The third-order valence-corrected chi connectivity index (χ3v) is 11.3. The van der Waals surface area contributed by atoms with E-state index in [0.29, 0.717) is 5.57 Å². The van der Waals surface area contributed by atoms with Crippen molar-refractivity contribution in [3.63, 3.8) is 0 Å². The number of anilines is 1. The first-order chi connectivity index (χ1) is 24.7. The lowest BCUT2D eigenvalue weighted by Gasteiger charge is -2.49. The fourth-order valence-electron chi connectivity index (χ4n) is 5.38. The normalized spacial score (nSPS) is 18.7. The average molecular weight is 747 g/mol. The number of nitrogen functional groups attached to an aromatic ring is 1. The fourth-order valence-corrected chi connectivity index (χ4v) is 8.33. The van der Waals surface area contributed by atoms with Gasteiger partial charge < -0.3 is 20.6 Å². The zero-order chi connectivity index (χ0) is 35.6. The summed E-state index contributed by atoms with van der Waals surface area (Å²) in [5.74, 6) is -1.52. The van der Waals surface area contributed by atoms with Crippen molar-refractivity contribution in [1.82, 2.24) is 30.0 Å². The number of H-pyrrole nitrogens is 1. The lowest BCUT2D eigenvalue weighted by molar-refractivity contribution is -0.154. The molecule has 1 saturated heterocycles. The van der Waals surface area contributed by atoms with Gasteiger partial charge >= 0.3 is 17.1 Å². The monoisotopic (exact) mass is 746 g/mol. The molecule has 0 bridgehead atoms. The Morgan fingerprint density at radius 2 is 1.78 bits per heavy atom. The number of carbonyl (C=O) groups excluding carboxylic acids is 3. The number of benzene rings is 2. The number of nitrogens with two attached hydrogens (primary N) is 1. The average Bonchev–Trinajstić information content (AvgIpc) is 3.89. The van der Waals surface area contributed by atoms with Gasteiger partial charge in [0.2, 0.25) is 0 Å². The molecule has 4 aromatic rings. The van der Waals surface area contributed by atoms with Crippen LogP contribution in [-0.2, 0) is 31.0 Å². The van der Waals surface area contributed by atoms with Crippen LogP contribution in [0.2, 0.25) is 0 Å². The molecule has 1 saturated carbocycles. The van der Waals surface area contributed by atoms with E-state index >= 15 is 0 Å². The predicted molar refractivity (Wildman–Crippen MR) is 191 cm³/mol. The second kappa shape index (κ2) is 14.6. The summed E-state index contributed by atoms with van der Waals surface area (Å²) in [7, 11) is 1.42. The number of thiazole rings is 1. The largest absolute Gasteiger partial charge is 0.448 e. The van der Waals surface area contributed by atoms with E-state index in [-0.39, 0.29) is 45.0 Å². The number of aromatic nitrogens is 4. The number of nitrogens with one attached hydrogen (secondary N) is 2. The molecule has 2 fully saturated rings. The minimum absolute atomic E-state index is 0.0336. The molecule has 0 unspecified atom stereocenters. The van der Waals surface area contributed by atoms with Gasteiger partial charge in [-0.25, -0.2) is 14.9 Å². The number of aromatic amines is 1. The van der Waals surface area contributed by atoms with E-state index < -0.39 is 46.4 Å². The van der Waals surface area contributed by atoms with Crippen LogP contribution in [0.25, 0.3) is 0 Å². The lowest BCUT2D eigenvalue weighted by atomic mass is 10.0. The highest BCUT2D eigenvalue weighted by molar-refractivity contribution is 8.01. The summed E-state index contributed by atoms with van der Waals surface area (Å²) in [5, 5.41) is 14.4. The van der Waals surface area contributed by atoms with E-state index in [9.17, 15) is 24.0 Å². The highest BCUT2D eigenvalue weighted by atomic mass is 32.2. The summed E-state index contributed by atoms with van der Waals surface area (Å²) in [5.41, 5.74) is 6.31. The second-order valence-electron chi connectivity index (χ2n) is 11.7. The highest BCUT2D eigenvalue weighted by Crippen LogP contribution is 2.43. The van der Waals surface area contributed by atoms with Crippen molar-refractivity contribution in [3.8, 4) is 0 Å². The van der Waals surface area contributed by atoms with Crippen LogP contribution in [0.3, 0.4) is 0 Å². The van der Waals surface area contributed by atoms with Gasteiger partial charge in [0.1, 0.15) is 28.9 Å². The minimum atomic E-state index is -0.998. The minimum Gasteiger partial charge on any atom is -0.448 e. The maximum Gasteiger partial charge on any atom is 0.356 e. The Balaban J connectivity index is 1.18. The van der Waals surface area contributed by atoms with Crippen LogP contribution in [0.5, 0.6) is 0 Å². The maximum absolute atomic E-state index is 14.3. The van der Waals surface area contributed by atoms with Crippen molar-refractivity contribution < 1.29 is 24.0 Å². The number of hydrogen-bond acceptors (Lipinski definition) is 14. The smallest absolute Gasteiger partial charge is 0.356 e. The van der Waals surface area contributed by atoms with Crippen molar-refractivity contribution in [2.24, 2.45) is 12.2 Å². The van der Waals surface area contributed by atoms with Crippen molar-refractivity contribution in [2.75, 3.05) is 17.2 Å².